The molecule has 1 saturated carbocycles. The Labute approximate surface area is 179 Å². The van der Waals surface area contributed by atoms with Gasteiger partial charge in [0.1, 0.15) is 0 Å². The molecular weight excluding hydrogens is 376 g/mol. The van der Waals surface area contributed by atoms with Crippen LogP contribution in [0.1, 0.15) is 54.9 Å². The molecule has 0 unspecified atom stereocenters. The van der Waals surface area contributed by atoms with Crippen LogP contribution in [0.4, 0.5) is 21.9 Å². The number of carbonyl (C=O) groups is 2. The third-order valence-electron chi connectivity index (χ3n) is 5.57. The van der Waals surface area contributed by atoms with E-state index in [1.807, 2.05) is 55.4 Å². The van der Waals surface area contributed by atoms with E-state index in [9.17, 15) is 9.59 Å². The minimum absolute atomic E-state index is 0.0917. The van der Waals surface area contributed by atoms with Crippen LogP contribution in [0.25, 0.3) is 0 Å². The predicted molar refractivity (Wildman–Crippen MR) is 124 cm³/mol. The first-order valence-electron chi connectivity index (χ1n) is 10.8. The van der Waals surface area contributed by atoms with E-state index in [0.717, 1.165) is 49.0 Å². The molecule has 0 heterocycles. The zero-order chi connectivity index (χ0) is 21.5. The van der Waals surface area contributed by atoms with Crippen LogP contribution in [0.2, 0.25) is 0 Å². The maximum atomic E-state index is 13.0. The average molecular weight is 409 g/mol. The Morgan fingerprint density at radius 3 is 2.43 bits per heavy atom. The average Bonchev–Trinajstić information content (AvgIpc) is 2.74. The molecule has 3 amide bonds. The molecule has 6 heteroatoms. The van der Waals surface area contributed by atoms with Crippen LogP contribution >= 0.6 is 0 Å². The maximum Gasteiger partial charge on any atom is 0.323 e. The Morgan fingerprint density at radius 1 is 1.00 bits per heavy atom. The van der Waals surface area contributed by atoms with Gasteiger partial charge in [-0.25, -0.2) is 4.79 Å². The van der Waals surface area contributed by atoms with Crippen LogP contribution in [0.5, 0.6) is 0 Å². The normalized spacial score (nSPS) is 14.1. The molecule has 0 saturated heterocycles. The summed E-state index contributed by atoms with van der Waals surface area (Å²) in [5, 5.41) is 8.93. The first-order chi connectivity index (χ1) is 14.5. The van der Waals surface area contributed by atoms with Gasteiger partial charge in [0.05, 0.1) is 5.56 Å². The number of amides is 3. The van der Waals surface area contributed by atoms with E-state index in [-0.39, 0.29) is 18.0 Å². The highest BCUT2D eigenvalue weighted by Gasteiger charge is 2.20. The molecule has 0 bridgehead atoms. The smallest absolute Gasteiger partial charge is 0.323 e. The molecule has 2 aromatic carbocycles. The standard InChI is InChI=1S/C24H32N4O2/c1-4-17-10-8-9-13-21(17)27-24(30)26-19-14-15-22(28(2)3)20(16-19)23(29)25-18-11-6-5-7-12-18/h8-10,13-16,18H,4-7,11-12H2,1-3H3,(H,25,29)(H2,26,27,30). The van der Waals surface area contributed by atoms with Crippen molar-refractivity contribution >= 4 is 29.0 Å². The van der Waals surface area contributed by atoms with Gasteiger partial charge in [-0.05, 0) is 49.1 Å². The molecule has 0 radical (unpaired) electrons. The summed E-state index contributed by atoms with van der Waals surface area (Å²) in [6.45, 7) is 2.05. The van der Waals surface area contributed by atoms with Gasteiger partial charge in [0.2, 0.25) is 0 Å². The third kappa shape index (κ3) is 5.53. The first-order valence-corrected chi connectivity index (χ1v) is 10.8. The van der Waals surface area contributed by atoms with Gasteiger partial charge in [-0.3, -0.25) is 4.79 Å². The second kappa shape index (κ2) is 10.1. The molecule has 3 rings (SSSR count). The van der Waals surface area contributed by atoms with Crippen LogP contribution < -0.4 is 20.9 Å². The highest BCUT2D eigenvalue weighted by molar-refractivity contribution is 6.04. The summed E-state index contributed by atoms with van der Waals surface area (Å²) in [6.07, 6.45) is 6.45. The fraction of sp³-hybridized carbons (Fsp3) is 0.417. The number of rotatable bonds is 6. The van der Waals surface area contributed by atoms with Crippen molar-refractivity contribution in [1.29, 1.82) is 0 Å². The van der Waals surface area contributed by atoms with Gasteiger partial charge in [0.15, 0.2) is 0 Å². The summed E-state index contributed by atoms with van der Waals surface area (Å²) in [4.78, 5) is 27.4. The Balaban J connectivity index is 1.74. The summed E-state index contributed by atoms with van der Waals surface area (Å²) in [5.74, 6) is -0.0917. The van der Waals surface area contributed by atoms with Crippen molar-refractivity contribution in [1.82, 2.24) is 5.32 Å². The number of hydrogen-bond acceptors (Lipinski definition) is 3. The minimum Gasteiger partial charge on any atom is -0.377 e. The number of carbonyl (C=O) groups excluding carboxylic acids is 2. The second-order valence-corrected chi connectivity index (χ2v) is 8.02. The molecule has 6 nitrogen and oxygen atoms in total. The van der Waals surface area contributed by atoms with Gasteiger partial charge in [0.25, 0.3) is 5.91 Å². The molecule has 2 aromatic rings. The van der Waals surface area contributed by atoms with E-state index in [1.165, 1.54) is 6.42 Å². The Hall–Kier alpha value is -3.02. The number of aryl methyl sites for hydroxylation is 1. The van der Waals surface area contributed by atoms with E-state index in [0.29, 0.717) is 11.3 Å². The van der Waals surface area contributed by atoms with Gasteiger partial charge in [-0.1, -0.05) is 44.4 Å². The minimum atomic E-state index is -0.327. The molecule has 0 atom stereocenters. The van der Waals surface area contributed by atoms with E-state index in [2.05, 4.69) is 22.9 Å². The lowest BCUT2D eigenvalue weighted by Crippen LogP contribution is -2.36. The summed E-state index contributed by atoms with van der Waals surface area (Å²) in [7, 11) is 3.82. The number of nitrogens with one attached hydrogen (secondary N) is 3. The van der Waals surface area contributed by atoms with Crippen molar-refractivity contribution in [2.75, 3.05) is 29.6 Å². The van der Waals surface area contributed by atoms with E-state index in [4.69, 9.17) is 0 Å². The molecule has 0 spiro atoms. The van der Waals surface area contributed by atoms with Crippen LogP contribution in [0.15, 0.2) is 42.5 Å². The molecule has 1 aliphatic carbocycles. The molecule has 0 aliphatic heterocycles. The fourth-order valence-corrected chi connectivity index (χ4v) is 3.93. The van der Waals surface area contributed by atoms with Gasteiger partial charge in [-0.15, -0.1) is 0 Å². The van der Waals surface area contributed by atoms with Gasteiger partial charge >= 0.3 is 6.03 Å². The highest BCUT2D eigenvalue weighted by Crippen LogP contribution is 2.25. The summed E-state index contributed by atoms with van der Waals surface area (Å²) < 4.78 is 0. The lowest BCUT2D eigenvalue weighted by molar-refractivity contribution is 0.0928. The quantitative estimate of drug-likeness (QED) is 0.628. The molecular formula is C24H32N4O2. The van der Waals surface area contributed by atoms with Gasteiger partial charge in [0, 0.05) is 37.2 Å². The number of anilines is 3. The van der Waals surface area contributed by atoms with E-state index in [1.54, 1.807) is 6.07 Å². The largest absolute Gasteiger partial charge is 0.377 e. The van der Waals surface area contributed by atoms with Crippen molar-refractivity contribution in [3.05, 3.63) is 53.6 Å². The Morgan fingerprint density at radius 2 is 1.73 bits per heavy atom. The topological polar surface area (TPSA) is 73.5 Å². The molecule has 160 valence electrons. The van der Waals surface area contributed by atoms with Gasteiger partial charge in [-0.2, -0.15) is 0 Å². The molecule has 3 N–H and O–H groups in total. The lowest BCUT2D eigenvalue weighted by atomic mass is 9.95. The van der Waals surface area contributed by atoms with Crippen LogP contribution in [-0.2, 0) is 6.42 Å². The van der Waals surface area contributed by atoms with Gasteiger partial charge < -0.3 is 20.9 Å². The first kappa shape index (κ1) is 21.7. The number of benzene rings is 2. The van der Waals surface area contributed by atoms with Crippen molar-refractivity contribution < 1.29 is 9.59 Å². The van der Waals surface area contributed by atoms with E-state index >= 15 is 0 Å². The zero-order valence-electron chi connectivity index (χ0n) is 18.1. The van der Waals surface area contributed by atoms with Crippen LogP contribution in [0, 0.1) is 0 Å². The Bertz CT molecular complexity index is 889. The second-order valence-electron chi connectivity index (χ2n) is 8.02. The van der Waals surface area contributed by atoms with Crippen LogP contribution in [-0.4, -0.2) is 32.1 Å². The SMILES string of the molecule is CCc1ccccc1NC(=O)Nc1ccc(N(C)C)c(C(=O)NC2CCCCC2)c1. The molecule has 1 aliphatic rings. The number of urea groups is 1. The monoisotopic (exact) mass is 408 g/mol. The molecule has 30 heavy (non-hydrogen) atoms. The maximum absolute atomic E-state index is 13.0. The number of hydrogen-bond donors (Lipinski definition) is 3. The van der Waals surface area contributed by atoms with Crippen molar-refractivity contribution in [3.63, 3.8) is 0 Å². The van der Waals surface area contributed by atoms with Crippen molar-refractivity contribution in [2.45, 2.75) is 51.5 Å². The lowest BCUT2D eigenvalue weighted by Gasteiger charge is -2.24. The van der Waals surface area contributed by atoms with E-state index < -0.39 is 0 Å². The zero-order valence-corrected chi connectivity index (χ0v) is 18.1. The highest BCUT2D eigenvalue weighted by atomic mass is 16.2. The van der Waals surface area contributed by atoms with Crippen molar-refractivity contribution in [3.8, 4) is 0 Å². The summed E-state index contributed by atoms with van der Waals surface area (Å²) in [6, 6.07) is 13.1. The van der Waals surface area contributed by atoms with Crippen molar-refractivity contribution in [2.24, 2.45) is 0 Å². The fourth-order valence-electron chi connectivity index (χ4n) is 3.93. The Kier molecular flexibility index (Phi) is 7.33. The number of para-hydroxylation sites is 1. The summed E-state index contributed by atoms with van der Waals surface area (Å²) in [5.41, 5.74) is 3.84. The molecule has 0 aromatic heterocycles. The molecule has 1 fully saturated rings. The predicted octanol–water partition coefficient (Wildman–Crippen LogP) is 5.02. The van der Waals surface area contributed by atoms with Crippen LogP contribution in [0.3, 0.4) is 0 Å². The number of nitrogens with zero attached hydrogens (tertiary/aromatic N) is 1. The third-order valence-corrected chi connectivity index (χ3v) is 5.57. The summed E-state index contributed by atoms with van der Waals surface area (Å²) >= 11 is 0.